The first-order valence-electron chi connectivity index (χ1n) is 5.04. The Labute approximate surface area is 94.1 Å². The summed E-state index contributed by atoms with van der Waals surface area (Å²) in [7, 11) is 1.35. The molecule has 0 unspecified atom stereocenters. The lowest BCUT2D eigenvalue weighted by Crippen LogP contribution is -2.30. The second-order valence-electron chi connectivity index (χ2n) is 4.24. The third-order valence-corrected chi connectivity index (χ3v) is 2.31. The highest BCUT2D eigenvalue weighted by Gasteiger charge is 2.35. The van der Waals surface area contributed by atoms with Crippen molar-refractivity contribution in [3.8, 4) is 11.5 Å². The van der Waals surface area contributed by atoms with E-state index in [1.165, 1.54) is 7.11 Å². The molecule has 0 aliphatic carbocycles. The summed E-state index contributed by atoms with van der Waals surface area (Å²) in [5.74, 6) is -0.104. The molecule has 16 heavy (non-hydrogen) atoms. The minimum absolute atomic E-state index is 0.406. The summed E-state index contributed by atoms with van der Waals surface area (Å²) in [6.07, 6.45) is 0. The topological polar surface area (TPSA) is 44.8 Å². The number of aryl methyl sites for hydroxylation is 1. The molecule has 0 spiro atoms. The van der Waals surface area contributed by atoms with Crippen LogP contribution in [0.2, 0.25) is 0 Å². The summed E-state index contributed by atoms with van der Waals surface area (Å²) in [6, 6.07) is 3.58. The van der Waals surface area contributed by atoms with Crippen molar-refractivity contribution in [2.45, 2.75) is 26.6 Å². The molecule has 0 bridgehead atoms. The first-order chi connectivity index (χ1) is 7.43. The summed E-state index contributed by atoms with van der Waals surface area (Å²) < 4.78 is 15.9. The van der Waals surface area contributed by atoms with Gasteiger partial charge in [-0.25, -0.2) is 4.79 Å². The van der Waals surface area contributed by atoms with E-state index in [1.54, 1.807) is 19.9 Å². The Balaban J connectivity index is 2.53. The molecule has 0 aromatic heterocycles. The molecule has 0 amide bonds. The zero-order chi connectivity index (χ0) is 11.9. The van der Waals surface area contributed by atoms with E-state index in [9.17, 15) is 4.79 Å². The van der Waals surface area contributed by atoms with Crippen LogP contribution in [0.1, 0.15) is 29.8 Å². The van der Waals surface area contributed by atoms with E-state index in [4.69, 9.17) is 14.2 Å². The van der Waals surface area contributed by atoms with Crippen LogP contribution in [0, 0.1) is 6.92 Å². The third kappa shape index (κ3) is 1.71. The molecule has 4 heteroatoms. The highest BCUT2D eigenvalue weighted by molar-refractivity contribution is 5.94. The van der Waals surface area contributed by atoms with E-state index in [2.05, 4.69) is 0 Å². The zero-order valence-corrected chi connectivity index (χ0v) is 9.79. The molecule has 0 fully saturated rings. The maximum atomic E-state index is 11.6. The van der Waals surface area contributed by atoms with Crippen LogP contribution in [0.3, 0.4) is 0 Å². The standard InChI is InChI=1S/C12H14O4/c1-7-5-8(11(13)14-4)10-9(6-7)15-12(2,3)16-10/h5-6H,1-4H3. The number of esters is 1. The largest absolute Gasteiger partial charge is 0.465 e. The molecular weight excluding hydrogens is 208 g/mol. The number of carbonyl (C=O) groups excluding carboxylic acids is 1. The van der Waals surface area contributed by atoms with Crippen LogP contribution in [-0.2, 0) is 4.74 Å². The van der Waals surface area contributed by atoms with Crippen molar-refractivity contribution >= 4 is 5.97 Å². The van der Waals surface area contributed by atoms with Gasteiger partial charge in [0, 0.05) is 13.8 Å². The van der Waals surface area contributed by atoms with Gasteiger partial charge in [0.25, 0.3) is 0 Å². The van der Waals surface area contributed by atoms with Gasteiger partial charge in [0.15, 0.2) is 11.5 Å². The Kier molecular flexibility index (Phi) is 2.30. The van der Waals surface area contributed by atoms with Gasteiger partial charge in [-0.3, -0.25) is 0 Å². The van der Waals surface area contributed by atoms with E-state index >= 15 is 0 Å². The van der Waals surface area contributed by atoms with Gasteiger partial charge in [-0.1, -0.05) is 0 Å². The van der Waals surface area contributed by atoms with Crippen molar-refractivity contribution in [2.24, 2.45) is 0 Å². The predicted octanol–water partition coefficient (Wildman–Crippen LogP) is 2.29. The van der Waals surface area contributed by atoms with Gasteiger partial charge >= 0.3 is 5.97 Å². The Bertz CT molecular complexity index is 449. The molecule has 0 N–H and O–H groups in total. The van der Waals surface area contributed by atoms with E-state index in [0.29, 0.717) is 17.1 Å². The molecule has 4 nitrogen and oxygen atoms in total. The third-order valence-electron chi connectivity index (χ3n) is 2.31. The smallest absolute Gasteiger partial charge is 0.341 e. The number of ether oxygens (including phenoxy) is 3. The van der Waals surface area contributed by atoms with Gasteiger partial charge in [0.2, 0.25) is 5.79 Å². The van der Waals surface area contributed by atoms with Gasteiger partial charge in [0.1, 0.15) is 5.56 Å². The molecule has 2 rings (SSSR count). The number of carbonyl (C=O) groups is 1. The van der Waals surface area contributed by atoms with Gasteiger partial charge in [-0.05, 0) is 24.6 Å². The minimum atomic E-state index is -0.737. The highest BCUT2D eigenvalue weighted by Crippen LogP contribution is 2.42. The van der Waals surface area contributed by atoms with Crippen LogP contribution >= 0.6 is 0 Å². The molecule has 1 aromatic rings. The summed E-state index contributed by atoms with van der Waals surface area (Å²) in [6.45, 7) is 5.48. The first-order valence-corrected chi connectivity index (χ1v) is 5.04. The average molecular weight is 222 g/mol. The van der Waals surface area contributed by atoms with Crippen LogP contribution in [0.5, 0.6) is 11.5 Å². The molecular formula is C12H14O4. The van der Waals surface area contributed by atoms with Crippen LogP contribution in [0.25, 0.3) is 0 Å². The maximum Gasteiger partial charge on any atom is 0.341 e. The van der Waals surface area contributed by atoms with Gasteiger partial charge in [-0.15, -0.1) is 0 Å². The number of methoxy groups -OCH3 is 1. The van der Waals surface area contributed by atoms with Crippen molar-refractivity contribution in [3.63, 3.8) is 0 Å². The van der Waals surface area contributed by atoms with Crippen LogP contribution < -0.4 is 9.47 Å². The fraction of sp³-hybridized carbons (Fsp3) is 0.417. The molecule has 1 aliphatic rings. The quantitative estimate of drug-likeness (QED) is 0.684. The highest BCUT2D eigenvalue weighted by atomic mass is 16.7. The summed E-state index contributed by atoms with van der Waals surface area (Å²) in [4.78, 5) is 11.6. The number of benzene rings is 1. The zero-order valence-electron chi connectivity index (χ0n) is 9.79. The van der Waals surface area contributed by atoms with E-state index in [-0.39, 0.29) is 0 Å². The van der Waals surface area contributed by atoms with Crippen molar-refractivity contribution in [1.29, 1.82) is 0 Å². The SMILES string of the molecule is COC(=O)c1cc(C)cc2c1OC(C)(C)O2. The van der Waals surface area contributed by atoms with Crippen LogP contribution in [0.4, 0.5) is 0 Å². The van der Waals surface area contributed by atoms with Gasteiger partial charge in [0.05, 0.1) is 7.11 Å². The Morgan fingerprint density at radius 2 is 2.00 bits per heavy atom. The second-order valence-corrected chi connectivity index (χ2v) is 4.24. The molecule has 1 aromatic carbocycles. The maximum absolute atomic E-state index is 11.6. The van der Waals surface area contributed by atoms with Crippen LogP contribution in [-0.4, -0.2) is 18.9 Å². The molecule has 1 heterocycles. The Hall–Kier alpha value is -1.71. The van der Waals surface area contributed by atoms with Crippen molar-refractivity contribution < 1.29 is 19.0 Å². The van der Waals surface area contributed by atoms with Gasteiger partial charge in [-0.2, -0.15) is 0 Å². The van der Waals surface area contributed by atoms with Crippen LogP contribution in [0.15, 0.2) is 12.1 Å². The lowest BCUT2D eigenvalue weighted by molar-refractivity contribution is -0.0434. The van der Waals surface area contributed by atoms with Crippen molar-refractivity contribution in [3.05, 3.63) is 23.3 Å². The summed E-state index contributed by atoms with van der Waals surface area (Å²) in [5, 5.41) is 0. The molecule has 1 aliphatic heterocycles. The fourth-order valence-electron chi connectivity index (χ4n) is 1.71. The molecule has 0 saturated heterocycles. The van der Waals surface area contributed by atoms with E-state index in [0.717, 1.165) is 5.56 Å². The Morgan fingerprint density at radius 1 is 1.31 bits per heavy atom. The monoisotopic (exact) mass is 222 g/mol. The normalized spacial score (nSPS) is 16.0. The fourth-order valence-corrected chi connectivity index (χ4v) is 1.71. The summed E-state index contributed by atoms with van der Waals surface area (Å²) >= 11 is 0. The molecule has 86 valence electrons. The Morgan fingerprint density at radius 3 is 2.62 bits per heavy atom. The number of fused-ring (bicyclic) bond motifs is 1. The number of hydrogen-bond acceptors (Lipinski definition) is 4. The first kappa shape index (κ1) is 10.8. The number of rotatable bonds is 1. The van der Waals surface area contributed by atoms with Crippen molar-refractivity contribution in [2.75, 3.05) is 7.11 Å². The molecule has 0 atom stereocenters. The van der Waals surface area contributed by atoms with E-state index in [1.807, 2.05) is 13.0 Å². The number of hydrogen-bond donors (Lipinski definition) is 0. The van der Waals surface area contributed by atoms with Crippen molar-refractivity contribution in [1.82, 2.24) is 0 Å². The minimum Gasteiger partial charge on any atom is -0.465 e. The lowest BCUT2D eigenvalue weighted by atomic mass is 10.1. The lowest BCUT2D eigenvalue weighted by Gasteiger charge is -2.16. The molecule has 0 saturated carbocycles. The van der Waals surface area contributed by atoms with Gasteiger partial charge < -0.3 is 14.2 Å². The van der Waals surface area contributed by atoms with E-state index < -0.39 is 11.8 Å². The molecule has 0 radical (unpaired) electrons. The summed E-state index contributed by atoms with van der Waals surface area (Å²) in [5.41, 5.74) is 1.34. The second kappa shape index (κ2) is 3.40. The average Bonchev–Trinajstić information content (AvgIpc) is 2.49. The predicted molar refractivity (Wildman–Crippen MR) is 57.9 cm³/mol.